The molecule has 8 heteroatoms. The summed E-state index contributed by atoms with van der Waals surface area (Å²) in [5, 5.41) is 9.44. The van der Waals surface area contributed by atoms with Crippen molar-refractivity contribution in [1.82, 2.24) is 10.6 Å². The lowest BCUT2D eigenvalue weighted by Crippen LogP contribution is -2.55. The smallest absolute Gasteiger partial charge is 0.252 e. The molecular formula is C17H16Br3N3OS. The molecule has 0 bridgehead atoms. The van der Waals surface area contributed by atoms with E-state index in [0.717, 1.165) is 11.3 Å². The van der Waals surface area contributed by atoms with Crippen LogP contribution in [0.2, 0.25) is 0 Å². The maximum atomic E-state index is 12.4. The molecule has 1 atom stereocenters. The zero-order valence-corrected chi connectivity index (χ0v) is 18.8. The minimum Gasteiger partial charge on any atom is -0.340 e. The Kier molecular flexibility index (Phi) is 7.42. The van der Waals surface area contributed by atoms with Gasteiger partial charge in [-0.2, -0.15) is 0 Å². The molecule has 2 aromatic rings. The van der Waals surface area contributed by atoms with Crippen LogP contribution >= 0.6 is 60.0 Å². The van der Waals surface area contributed by atoms with Crippen molar-refractivity contribution in [2.45, 2.75) is 15.2 Å². The predicted octanol–water partition coefficient (Wildman–Crippen LogP) is 4.88. The van der Waals surface area contributed by atoms with E-state index in [2.05, 4.69) is 63.7 Å². The van der Waals surface area contributed by atoms with Crippen molar-refractivity contribution in [2.75, 3.05) is 5.32 Å². The molecule has 132 valence electrons. The molecule has 0 spiro atoms. The second-order valence-corrected chi connectivity index (χ2v) is 12.6. The van der Waals surface area contributed by atoms with Crippen molar-refractivity contribution in [3.8, 4) is 0 Å². The molecule has 3 N–H and O–H groups in total. The standard InChI is InChI=1S/C17H16Br3N3OS/c1-11-6-5-9-13(10-11)21-16(25)23-15(17(18,19)20)22-14(24)12-7-3-2-4-8-12/h2-10,15H,1H3,(H,22,24)(H2,21,23,25). The van der Waals surface area contributed by atoms with Crippen LogP contribution in [0.4, 0.5) is 5.69 Å². The van der Waals surface area contributed by atoms with E-state index in [1.165, 1.54) is 0 Å². The van der Waals surface area contributed by atoms with E-state index in [4.69, 9.17) is 12.2 Å². The summed E-state index contributed by atoms with van der Waals surface area (Å²) in [7, 11) is 0. The van der Waals surface area contributed by atoms with Crippen molar-refractivity contribution in [3.05, 3.63) is 65.7 Å². The summed E-state index contributed by atoms with van der Waals surface area (Å²) in [6, 6.07) is 16.8. The fourth-order valence-corrected chi connectivity index (χ4v) is 2.95. The van der Waals surface area contributed by atoms with Gasteiger partial charge in [-0.25, -0.2) is 0 Å². The van der Waals surface area contributed by atoms with E-state index >= 15 is 0 Å². The van der Waals surface area contributed by atoms with Crippen molar-refractivity contribution in [3.63, 3.8) is 0 Å². The monoisotopic (exact) mass is 547 g/mol. The van der Waals surface area contributed by atoms with Crippen molar-refractivity contribution < 1.29 is 4.79 Å². The molecule has 2 aromatic carbocycles. The predicted molar refractivity (Wildman–Crippen MR) is 118 cm³/mol. The van der Waals surface area contributed by atoms with Crippen LogP contribution in [0.3, 0.4) is 0 Å². The Bertz CT molecular complexity index is 750. The van der Waals surface area contributed by atoms with Gasteiger partial charge in [-0.1, -0.05) is 78.1 Å². The van der Waals surface area contributed by atoms with Crippen molar-refractivity contribution >= 4 is 76.7 Å². The van der Waals surface area contributed by atoms with Crippen LogP contribution in [0.15, 0.2) is 54.6 Å². The molecule has 0 fully saturated rings. The average Bonchev–Trinajstić information content (AvgIpc) is 2.54. The Balaban J connectivity index is 2.05. The van der Waals surface area contributed by atoms with E-state index in [1.54, 1.807) is 12.1 Å². The summed E-state index contributed by atoms with van der Waals surface area (Å²) < 4.78 is -0.782. The number of hydrogen-bond acceptors (Lipinski definition) is 2. The van der Waals surface area contributed by atoms with E-state index in [1.807, 2.05) is 49.4 Å². The fraction of sp³-hybridized carbons (Fsp3) is 0.176. The first-order valence-electron chi connectivity index (χ1n) is 7.32. The van der Waals surface area contributed by atoms with E-state index in [-0.39, 0.29) is 5.91 Å². The number of anilines is 1. The van der Waals surface area contributed by atoms with Crippen LogP contribution in [0.5, 0.6) is 0 Å². The number of nitrogens with one attached hydrogen (secondary N) is 3. The largest absolute Gasteiger partial charge is 0.340 e. The maximum absolute atomic E-state index is 12.4. The van der Waals surface area contributed by atoms with Crippen molar-refractivity contribution in [1.29, 1.82) is 0 Å². The van der Waals surface area contributed by atoms with Gasteiger partial charge in [0, 0.05) is 11.3 Å². The molecule has 2 rings (SSSR count). The summed E-state index contributed by atoms with van der Waals surface area (Å²) in [5.74, 6) is -0.223. The van der Waals surface area contributed by atoms with Gasteiger partial charge in [0.15, 0.2) is 7.26 Å². The number of carbonyl (C=O) groups excluding carboxylic acids is 1. The molecule has 0 saturated heterocycles. The van der Waals surface area contributed by atoms with Crippen LogP contribution < -0.4 is 16.0 Å². The van der Waals surface area contributed by atoms with Gasteiger partial charge in [-0.3, -0.25) is 4.79 Å². The minimum absolute atomic E-state index is 0.223. The third-order valence-electron chi connectivity index (χ3n) is 3.19. The quantitative estimate of drug-likeness (QED) is 0.289. The van der Waals surface area contributed by atoms with Gasteiger partial charge < -0.3 is 16.0 Å². The number of hydrogen-bond donors (Lipinski definition) is 3. The summed E-state index contributed by atoms with van der Waals surface area (Å²) >= 11 is 15.7. The number of rotatable bonds is 4. The van der Waals surface area contributed by atoms with Crippen LogP contribution in [0.1, 0.15) is 15.9 Å². The Morgan fingerprint density at radius 2 is 1.72 bits per heavy atom. The number of carbonyl (C=O) groups is 1. The maximum Gasteiger partial charge on any atom is 0.252 e. The van der Waals surface area contributed by atoms with Gasteiger partial charge in [0.1, 0.15) is 6.17 Å². The number of benzene rings is 2. The number of amides is 1. The number of alkyl halides is 3. The molecule has 25 heavy (non-hydrogen) atoms. The molecule has 0 aliphatic carbocycles. The zero-order valence-electron chi connectivity index (χ0n) is 13.2. The average molecular weight is 550 g/mol. The third-order valence-corrected chi connectivity index (χ3v) is 4.78. The van der Waals surface area contributed by atoms with Gasteiger partial charge in [-0.05, 0) is 49.0 Å². The Hall–Kier alpha value is -0.960. The van der Waals surface area contributed by atoms with E-state index in [0.29, 0.717) is 10.7 Å². The van der Waals surface area contributed by atoms with Gasteiger partial charge >= 0.3 is 0 Å². The highest BCUT2D eigenvalue weighted by molar-refractivity contribution is 9.39. The summed E-state index contributed by atoms with van der Waals surface area (Å²) in [6.45, 7) is 2.00. The molecule has 0 aliphatic heterocycles. The first-order valence-corrected chi connectivity index (χ1v) is 10.1. The normalized spacial score (nSPS) is 12.2. The summed E-state index contributed by atoms with van der Waals surface area (Å²) in [4.78, 5) is 12.4. The van der Waals surface area contributed by atoms with E-state index in [9.17, 15) is 4.79 Å². The molecule has 0 aromatic heterocycles. The highest BCUT2D eigenvalue weighted by atomic mass is 80.0. The zero-order chi connectivity index (χ0) is 18.4. The number of thiocarbonyl (C=S) groups is 1. The van der Waals surface area contributed by atoms with Gasteiger partial charge in [0.25, 0.3) is 5.91 Å². The van der Waals surface area contributed by atoms with Crippen LogP contribution in [-0.2, 0) is 0 Å². The highest BCUT2D eigenvalue weighted by Crippen LogP contribution is 2.36. The first-order chi connectivity index (χ1) is 11.8. The molecule has 0 heterocycles. The Morgan fingerprint density at radius 1 is 1.04 bits per heavy atom. The lowest BCUT2D eigenvalue weighted by Gasteiger charge is -2.28. The summed E-state index contributed by atoms with van der Waals surface area (Å²) in [6.07, 6.45) is -0.565. The van der Waals surface area contributed by atoms with Crippen LogP contribution in [0.25, 0.3) is 0 Å². The second-order valence-electron chi connectivity index (χ2n) is 5.28. The summed E-state index contributed by atoms with van der Waals surface area (Å²) in [5.41, 5.74) is 2.55. The molecule has 1 unspecified atom stereocenters. The Morgan fingerprint density at radius 3 is 2.32 bits per heavy atom. The molecule has 0 aliphatic rings. The lowest BCUT2D eigenvalue weighted by atomic mass is 10.2. The third kappa shape index (κ3) is 6.69. The molecule has 4 nitrogen and oxygen atoms in total. The molecule has 0 saturated carbocycles. The molecular weight excluding hydrogens is 534 g/mol. The SMILES string of the molecule is Cc1cccc(NC(=S)NC(NC(=O)c2ccccc2)C(Br)(Br)Br)c1. The van der Waals surface area contributed by atoms with Gasteiger partial charge in [0.05, 0.1) is 0 Å². The number of halogens is 3. The topological polar surface area (TPSA) is 53.2 Å². The van der Waals surface area contributed by atoms with Crippen LogP contribution in [0, 0.1) is 6.92 Å². The number of aryl methyl sites for hydroxylation is 1. The highest BCUT2D eigenvalue weighted by Gasteiger charge is 2.33. The van der Waals surface area contributed by atoms with Crippen LogP contribution in [-0.4, -0.2) is 19.3 Å². The lowest BCUT2D eigenvalue weighted by molar-refractivity contribution is 0.0936. The van der Waals surface area contributed by atoms with E-state index < -0.39 is 8.31 Å². The molecule has 0 radical (unpaired) electrons. The molecule has 1 amide bonds. The van der Waals surface area contributed by atoms with Crippen molar-refractivity contribution in [2.24, 2.45) is 0 Å². The van der Waals surface area contributed by atoms with Gasteiger partial charge in [0.2, 0.25) is 0 Å². The Labute approximate surface area is 177 Å². The second kappa shape index (κ2) is 9.12. The fourth-order valence-electron chi connectivity index (χ4n) is 2.02. The van der Waals surface area contributed by atoms with Gasteiger partial charge in [-0.15, -0.1) is 0 Å². The first kappa shape index (κ1) is 20.4. The minimum atomic E-state index is -0.782.